The fraction of sp³-hybridized carbons (Fsp3) is 0.333. The second-order valence-electron chi connectivity index (χ2n) is 7.82. The lowest BCUT2D eigenvalue weighted by Gasteiger charge is -2.13. The minimum Gasteiger partial charge on any atom is -0.487 e. The Morgan fingerprint density at radius 2 is 1.85 bits per heavy atom. The number of ether oxygens (including phenoxy) is 1. The average molecular weight is 461 g/mol. The third kappa shape index (κ3) is 6.06. The van der Waals surface area contributed by atoms with Crippen molar-refractivity contribution in [2.24, 2.45) is 10.1 Å². The maximum atomic E-state index is 13.0. The van der Waals surface area contributed by atoms with Crippen LogP contribution in [0.5, 0.6) is 5.75 Å². The van der Waals surface area contributed by atoms with Crippen molar-refractivity contribution in [1.82, 2.24) is 9.47 Å². The topological polar surface area (TPSA) is 51.4 Å². The number of aliphatic imine (C=N–C) groups is 1. The molecular formula is C24H27F3N4O2. The molecule has 3 aromatic rings. The highest BCUT2D eigenvalue weighted by Gasteiger charge is 2.30. The highest BCUT2D eigenvalue weighted by atomic mass is 19.4. The zero-order chi connectivity index (χ0) is 24.2. The Hall–Kier alpha value is -3.49. The molecule has 6 nitrogen and oxygen atoms in total. The van der Waals surface area contributed by atoms with Crippen molar-refractivity contribution in [3.05, 3.63) is 59.8 Å². The molecule has 0 atom stereocenters. The van der Waals surface area contributed by atoms with E-state index in [0.717, 1.165) is 40.3 Å². The van der Waals surface area contributed by atoms with E-state index in [1.165, 1.54) is 19.2 Å². The summed E-state index contributed by atoms with van der Waals surface area (Å²) in [5, 5.41) is 5.05. The van der Waals surface area contributed by atoms with Crippen molar-refractivity contribution in [2.45, 2.75) is 26.6 Å². The molecule has 9 heteroatoms. The predicted octanol–water partition coefficient (Wildman–Crippen LogP) is 5.66. The molecule has 0 amide bonds. The van der Waals surface area contributed by atoms with Crippen molar-refractivity contribution in [2.75, 3.05) is 27.8 Å². The number of hydrogen-bond donors (Lipinski definition) is 0. The van der Waals surface area contributed by atoms with Gasteiger partial charge in [0.05, 0.1) is 17.8 Å². The van der Waals surface area contributed by atoms with Gasteiger partial charge in [0.25, 0.3) is 0 Å². The van der Waals surface area contributed by atoms with Crippen LogP contribution in [0.25, 0.3) is 10.9 Å². The first-order valence-electron chi connectivity index (χ1n) is 10.3. The maximum Gasteiger partial charge on any atom is 0.416 e. The number of nitrogens with zero attached hydrogens (tertiary/aromatic N) is 4. The molecule has 0 spiro atoms. The van der Waals surface area contributed by atoms with E-state index in [4.69, 9.17) is 9.57 Å². The number of amidine groups is 1. The Morgan fingerprint density at radius 3 is 2.52 bits per heavy atom. The van der Waals surface area contributed by atoms with Crippen molar-refractivity contribution in [1.29, 1.82) is 0 Å². The molecule has 0 aliphatic rings. The van der Waals surface area contributed by atoms with Crippen LogP contribution in [0.4, 0.5) is 18.9 Å². The van der Waals surface area contributed by atoms with E-state index in [1.54, 1.807) is 0 Å². The summed E-state index contributed by atoms with van der Waals surface area (Å²) in [6.07, 6.45) is -4.43. The zero-order valence-corrected chi connectivity index (χ0v) is 19.3. The fourth-order valence-electron chi connectivity index (χ4n) is 3.30. The van der Waals surface area contributed by atoms with Crippen LogP contribution in [0.3, 0.4) is 0 Å². The summed E-state index contributed by atoms with van der Waals surface area (Å²) in [7, 11) is 5.30. The largest absolute Gasteiger partial charge is 0.487 e. The second-order valence-corrected chi connectivity index (χ2v) is 7.82. The van der Waals surface area contributed by atoms with E-state index in [1.807, 2.05) is 51.0 Å². The first-order valence-corrected chi connectivity index (χ1v) is 10.3. The summed E-state index contributed by atoms with van der Waals surface area (Å²) in [4.78, 5) is 11.5. The van der Waals surface area contributed by atoms with E-state index < -0.39 is 11.7 Å². The van der Waals surface area contributed by atoms with E-state index >= 15 is 0 Å². The predicted molar refractivity (Wildman–Crippen MR) is 125 cm³/mol. The summed E-state index contributed by atoms with van der Waals surface area (Å²) in [6, 6.07) is 12.8. The Balaban J connectivity index is 1.81. The van der Waals surface area contributed by atoms with Crippen LogP contribution in [-0.4, -0.2) is 48.8 Å². The van der Waals surface area contributed by atoms with Gasteiger partial charge in [0.15, 0.2) is 0 Å². The molecule has 0 unspecified atom stereocenters. The van der Waals surface area contributed by atoms with E-state index in [2.05, 4.69) is 20.8 Å². The fourth-order valence-corrected chi connectivity index (χ4v) is 3.30. The Labute approximate surface area is 190 Å². The molecule has 0 aliphatic carbocycles. The first kappa shape index (κ1) is 24.2. The Kier molecular flexibility index (Phi) is 7.30. The Bertz CT molecular complexity index is 1180. The molecule has 2 aromatic carbocycles. The van der Waals surface area contributed by atoms with Gasteiger partial charge < -0.3 is 19.0 Å². The summed E-state index contributed by atoms with van der Waals surface area (Å²) in [6.45, 7) is 4.27. The third-order valence-corrected chi connectivity index (χ3v) is 5.16. The van der Waals surface area contributed by atoms with Gasteiger partial charge in [0.1, 0.15) is 31.0 Å². The van der Waals surface area contributed by atoms with Gasteiger partial charge in [-0.25, -0.2) is 4.99 Å². The smallest absolute Gasteiger partial charge is 0.416 e. The van der Waals surface area contributed by atoms with Gasteiger partial charge in [-0.2, -0.15) is 13.2 Å². The maximum absolute atomic E-state index is 13.0. The van der Waals surface area contributed by atoms with Crippen molar-refractivity contribution in [3.8, 4) is 5.75 Å². The molecule has 0 fully saturated rings. The van der Waals surface area contributed by atoms with Gasteiger partial charge in [0.2, 0.25) is 0 Å². The van der Waals surface area contributed by atoms with E-state index in [0.29, 0.717) is 12.3 Å². The average Bonchev–Trinajstić information content (AvgIpc) is 3.06. The number of rotatable bonds is 7. The highest BCUT2D eigenvalue weighted by Crippen LogP contribution is 2.31. The third-order valence-electron chi connectivity index (χ3n) is 5.16. The number of aromatic nitrogens is 1. The number of oxime groups is 1. The lowest BCUT2D eigenvalue weighted by molar-refractivity contribution is -0.137. The van der Waals surface area contributed by atoms with Crippen LogP contribution >= 0.6 is 0 Å². The molecule has 0 radical (unpaired) electrons. The van der Waals surface area contributed by atoms with Crippen molar-refractivity contribution < 1.29 is 22.7 Å². The van der Waals surface area contributed by atoms with Gasteiger partial charge in [-0.15, -0.1) is 0 Å². The summed E-state index contributed by atoms with van der Waals surface area (Å²) >= 11 is 0. The van der Waals surface area contributed by atoms with Crippen LogP contribution in [0.15, 0.2) is 58.7 Å². The lowest BCUT2D eigenvalue weighted by Crippen LogP contribution is -2.19. The van der Waals surface area contributed by atoms with Crippen LogP contribution in [0.2, 0.25) is 0 Å². The molecule has 176 valence electrons. The summed E-state index contributed by atoms with van der Waals surface area (Å²) in [5.74, 6) is 1.01. The van der Waals surface area contributed by atoms with Gasteiger partial charge in [0, 0.05) is 30.7 Å². The minimum absolute atomic E-state index is 0.0152. The molecular weight excluding hydrogens is 433 g/mol. The molecule has 0 saturated carbocycles. The summed E-state index contributed by atoms with van der Waals surface area (Å²) < 4.78 is 46.5. The quantitative estimate of drug-likeness (QED) is 0.260. The molecule has 0 saturated heterocycles. The SMILES string of the molecule is CO/N=C(\COc1cccc(C(F)(F)F)c1)Cn1c(C)cc2cc(/N=C(\C)N(C)C)ccc21. The highest BCUT2D eigenvalue weighted by molar-refractivity contribution is 5.90. The summed E-state index contributed by atoms with van der Waals surface area (Å²) in [5.41, 5.74) is 2.60. The van der Waals surface area contributed by atoms with Gasteiger partial charge in [-0.3, -0.25) is 0 Å². The zero-order valence-electron chi connectivity index (χ0n) is 19.3. The van der Waals surface area contributed by atoms with Gasteiger partial charge in [-0.05, 0) is 56.3 Å². The van der Waals surface area contributed by atoms with Crippen LogP contribution < -0.4 is 4.74 Å². The standard InChI is InChI=1S/C24H27F3N4O2/c1-16-11-18-12-20(28-17(2)30(3)4)9-10-23(18)31(16)14-21(29-32-5)15-33-22-8-6-7-19(13-22)24(25,26)27/h6-13H,14-15H2,1-5H3/b28-17+,29-21-. The van der Waals surface area contributed by atoms with Crippen molar-refractivity contribution >= 4 is 28.1 Å². The Morgan fingerprint density at radius 1 is 1.09 bits per heavy atom. The molecule has 3 rings (SSSR count). The normalized spacial score (nSPS) is 12.8. The molecule has 1 heterocycles. The number of benzene rings is 2. The van der Waals surface area contributed by atoms with E-state index in [9.17, 15) is 13.2 Å². The second kappa shape index (κ2) is 9.97. The van der Waals surface area contributed by atoms with Crippen LogP contribution in [0.1, 0.15) is 18.2 Å². The molecule has 0 aliphatic heterocycles. The molecule has 33 heavy (non-hydrogen) atoms. The number of alkyl halides is 3. The number of aryl methyl sites for hydroxylation is 1. The molecule has 0 bridgehead atoms. The van der Waals surface area contributed by atoms with Crippen molar-refractivity contribution in [3.63, 3.8) is 0 Å². The first-order chi connectivity index (χ1) is 15.6. The molecule has 1 aromatic heterocycles. The number of fused-ring (bicyclic) bond motifs is 1. The van der Waals surface area contributed by atoms with Crippen LogP contribution in [0, 0.1) is 6.92 Å². The van der Waals surface area contributed by atoms with Gasteiger partial charge >= 0.3 is 6.18 Å². The van der Waals surface area contributed by atoms with E-state index in [-0.39, 0.29) is 12.4 Å². The van der Waals surface area contributed by atoms with Crippen LogP contribution in [-0.2, 0) is 17.6 Å². The van der Waals surface area contributed by atoms with Gasteiger partial charge in [-0.1, -0.05) is 11.2 Å². The molecule has 0 N–H and O–H groups in total. The number of hydrogen-bond acceptors (Lipinski definition) is 4. The monoisotopic (exact) mass is 460 g/mol. The minimum atomic E-state index is -4.43. The number of halogens is 3. The lowest BCUT2D eigenvalue weighted by atomic mass is 10.2.